The lowest BCUT2D eigenvalue weighted by Gasteiger charge is -2.18. The van der Waals surface area contributed by atoms with Crippen molar-refractivity contribution < 1.29 is 13.9 Å². The number of benzene rings is 2. The molecule has 0 bridgehead atoms. The number of carbonyl (C=O) groups is 1. The van der Waals surface area contributed by atoms with E-state index in [-0.39, 0.29) is 11.3 Å². The van der Waals surface area contributed by atoms with E-state index in [9.17, 15) is 4.79 Å². The normalized spacial score (nSPS) is 11.6. The molecule has 2 heterocycles. The number of thiazole rings is 1. The van der Waals surface area contributed by atoms with Gasteiger partial charge >= 0.3 is 0 Å². The Morgan fingerprint density at radius 1 is 1.14 bits per heavy atom. The van der Waals surface area contributed by atoms with Crippen molar-refractivity contribution in [2.24, 2.45) is 0 Å². The number of carbonyl (C=O) groups excluding carboxylic acids is 1. The molecule has 6 heteroatoms. The first-order valence-corrected chi connectivity index (χ1v) is 10.2. The molecule has 5 nitrogen and oxygen atoms in total. The minimum absolute atomic E-state index is 0.0501. The van der Waals surface area contributed by atoms with Crippen molar-refractivity contribution >= 4 is 33.3 Å². The molecular formula is C23H22N2O3S. The number of fused-ring (bicyclic) bond motifs is 1. The average Bonchev–Trinajstić information content (AvgIpc) is 3.33. The molecule has 0 unspecified atom stereocenters. The molecule has 0 spiro atoms. The molecule has 1 amide bonds. The molecule has 2 aromatic heterocycles. The van der Waals surface area contributed by atoms with Gasteiger partial charge in [-0.15, -0.1) is 11.3 Å². The SMILES string of the molecule is COc1cccc2cc(-c3csc(NC(=O)c4ccc(C(C)(C)C)cc4)n3)oc12. The van der Waals surface area contributed by atoms with Gasteiger partial charge in [0.2, 0.25) is 0 Å². The molecule has 0 aliphatic rings. The van der Waals surface area contributed by atoms with E-state index < -0.39 is 0 Å². The predicted octanol–water partition coefficient (Wildman–Crippen LogP) is 6.11. The van der Waals surface area contributed by atoms with Crippen LogP contribution in [0.15, 0.2) is 58.3 Å². The first kappa shape index (κ1) is 19.2. The second-order valence-electron chi connectivity index (χ2n) is 7.81. The van der Waals surface area contributed by atoms with Gasteiger partial charge in [0.05, 0.1) is 7.11 Å². The molecule has 4 aromatic rings. The Labute approximate surface area is 173 Å². The predicted molar refractivity (Wildman–Crippen MR) is 117 cm³/mol. The van der Waals surface area contributed by atoms with Crippen LogP contribution in [0.5, 0.6) is 5.75 Å². The van der Waals surface area contributed by atoms with E-state index in [1.807, 2.05) is 53.9 Å². The summed E-state index contributed by atoms with van der Waals surface area (Å²) in [6.07, 6.45) is 0. The largest absolute Gasteiger partial charge is 0.493 e. The number of methoxy groups -OCH3 is 1. The fourth-order valence-electron chi connectivity index (χ4n) is 3.06. The molecule has 1 N–H and O–H groups in total. The van der Waals surface area contributed by atoms with Gasteiger partial charge in [0.25, 0.3) is 5.91 Å². The number of hydrogen-bond acceptors (Lipinski definition) is 5. The topological polar surface area (TPSA) is 64.4 Å². The summed E-state index contributed by atoms with van der Waals surface area (Å²) in [6, 6.07) is 15.3. The van der Waals surface area contributed by atoms with Crippen LogP contribution in [0.2, 0.25) is 0 Å². The molecule has 148 valence electrons. The number of furan rings is 1. The Morgan fingerprint density at radius 2 is 1.90 bits per heavy atom. The van der Waals surface area contributed by atoms with Crippen LogP contribution in [-0.2, 0) is 5.41 Å². The van der Waals surface area contributed by atoms with Crippen molar-refractivity contribution in [3.63, 3.8) is 0 Å². The molecule has 0 radical (unpaired) electrons. The standard InChI is InChI=1S/C23H22N2O3S/c1-23(2,3)16-10-8-14(9-11-16)21(26)25-22-24-17(13-29-22)19-12-15-6-5-7-18(27-4)20(15)28-19/h5-13H,1-4H3,(H,24,25,26). The number of nitrogens with zero attached hydrogens (tertiary/aromatic N) is 1. The Morgan fingerprint density at radius 3 is 2.59 bits per heavy atom. The summed E-state index contributed by atoms with van der Waals surface area (Å²) in [5.41, 5.74) is 3.19. The maximum Gasteiger partial charge on any atom is 0.257 e. The molecule has 2 aromatic carbocycles. The smallest absolute Gasteiger partial charge is 0.257 e. The van der Waals surface area contributed by atoms with E-state index in [1.165, 1.54) is 16.9 Å². The van der Waals surface area contributed by atoms with Gasteiger partial charge in [0, 0.05) is 16.3 Å². The van der Waals surface area contributed by atoms with Gasteiger partial charge in [-0.25, -0.2) is 4.98 Å². The van der Waals surface area contributed by atoms with Gasteiger partial charge in [-0.3, -0.25) is 10.1 Å². The van der Waals surface area contributed by atoms with Crippen LogP contribution in [0.4, 0.5) is 5.13 Å². The Balaban J connectivity index is 1.53. The number of amides is 1. The number of rotatable bonds is 4. The summed E-state index contributed by atoms with van der Waals surface area (Å²) in [5, 5.41) is 6.20. The highest BCUT2D eigenvalue weighted by Crippen LogP contribution is 2.34. The molecule has 0 saturated carbocycles. The van der Waals surface area contributed by atoms with Crippen molar-refractivity contribution in [2.45, 2.75) is 26.2 Å². The molecule has 0 aliphatic heterocycles. The number of anilines is 1. The summed E-state index contributed by atoms with van der Waals surface area (Å²) in [6.45, 7) is 6.44. The quantitative estimate of drug-likeness (QED) is 0.444. The van der Waals surface area contributed by atoms with Crippen LogP contribution in [0.25, 0.3) is 22.4 Å². The molecular weight excluding hydrogens is 384 g/mol. The van der Waals surface area contributed by atoms with Crippen LogP contribution in [-0.4, -0.2) is 18.0 Å². The zero-order chi connectivity index (χ0) is 20.6. The van der Waals surface area contributed by atoms with Crippen LogP contribution in [0.1, 0.15) is 36.7 Å². The van der Waals surface area contributed by atoms with E-state index in [4.69, 9.17) is 9.15 Å². The summed E-state index contributed by atoms with van der Waals surface area (Å²) >= 11 is 1.36. The van der Waals surface area contributed by atoms with E-state index in [0.29, 0.717) is 33.5 Å². The number of ether oxygens (including phenoxy) is 1. The van der Waals surface area contributed by atoms with Crippen molar-refractivity contribution in [2.75, 3.05) is 12.4 Å². The lowest BCUT2D eigenvalue weighted by molar-refractivity contribution is 0.102. The second kappa shape index (κ2) is 7.37. The van der Waals surface area contributed by atoms with Crippen LogP contribution >= 0.6 is 11.3 Å². The lowest BCUT2D eigenvalue weighted by atomic mass is 9.87. The molecule has 4 rings (SSSR count). The first-order valence-electron chi connectivity index (χ1n) is 9.29. The van der Waals surface area contributed by atoms with Gasteiger partial charge < -0.3 is 9.15 Å². The van der Waals surface area contributed by atoms with Gasteiger partial charge in [0.1, 0.15) is 5.69 Å². The summed E-state index contributed by atoms with van der Waals surface area (Å²) < 4.78 is 11.3. The van der Waals surface area contributed by atoms with E-state index in [2.05, 4.69) is 31.1 Å². The average molecular weight is 407 g/mol. The molecule has 0 aliphatic carbocycles. The monoisotopic (exact) mass is 406 g/mol. The minimum Gasteiger partial charge on any atom is -0.493 e. The number of hydrogen-bond donors (Lipinski definition) is 1. The third-order valence-electron chi connectivity index (χ3n) is 4.72. The third kappa shape index (κ3) is 3.89. The van der Waals surface area contributed by atoms with E-state index >= 15 is 0 Å². The first-order chi connectivity index (χ1) is 13.8. The Hall–Kier alpha value is -3.12. The molecule has 0 fully saturated rings. The number of para-hydroxylation sites is 1. The Kier molecular flexibility index (Phi) is 4.88. The summed E-state index contributed by atoms with van der Waals surface area (Å²) in [4.78, 5) is 17.1. The Bertz CT molecular complexity index is 1170. The second-order valence-corrected chi connectivity index (χ2v) is 8.67. The highest BCUT2D eigenvalue weighted by atomic mass is 32.1. The van der Waals surface area contributed by atoms with Crippen molar-refractivity contribution in [3.8, 4) is 17.2 Å². The maximum atomic E-state index is 12.6. The lowest BCUT2D eigenvalue weighted by Crippen LogP contribution is -2.14. The van der Waals surface area contributed by atoms with Crippen LogP contribution < -0.4 is 10.1 Å². The minimum atomic E-state index is -0.183. The summed E-state index contributed by atoms with van der Waals surface area (Å²) in [5.74, 6) is 1.13. The van der Waals surface area contributed by atoms with Gasteiger partial charge in [-0.05, 0) is 35.2 Å². The molecule has 29 heavy (non-hydrogen) atoms. The fourth-order valence-corrected chi connectivity index (χ4v) is 3.75. The summed E-state index contributed by atoms with van der Waals surface area (Å²) in [7, 11) is 1.61. The van der Waals surface area contributed by atoms with E-state index in [0.717, 1.165) is 5.39 Å². The number of aromatic nitrogens is 1. The van der Waals surface area contributed by atoms with Gasteiger partial charge in [-0.1, -0.05) is 45.0 Å². The number of nitrogens with one attached hydrogen (secondary N) is 1. The molecule has 0 saturated heterocycles. The zero-order valence-corrected chi connectivity index (χ0v) is 17.6. The van der Waals surface area contributed by atoms with Crippen molar-refractivity contribution in [1.82, 2.24) is 4.98 Å². The highest BCUT2D eigenvalue weighted by molar-refractivity contribution is 7.14. The maximum absolute atomic E-state index is 12.6. The zero-order valence-electron chi connectivity index (χ0n) is 16.8. The fraction of sp³-hybridized carbons (Fsp3) is 0.217. The van der Waals surface area contributed by atoms with E-state index in [1.54, 1.807) is 7.11 Å². The molecule has 0 atom stereocenters. The van der Waals surface area contributed by atoms with Crippen LogP contribution in [0.3, 0.4) is 0 Å². The van der Waals surface area contributed by atoms with Crippen LogP contribution in [0, 0.1) is 0 Å². The van der Waals surface area contributed by atoms with Gasteiger partial charge in [-0.2, -0.15) is 0 Å². The van der Waals surface area contributed by atoms with Gasteiger partial charge in [0.15, 0.2) is 22.2 Å². The third-order valence-corrected chi connectivity index (χ3v) is 5.48. The van der Waals surface area contributed by atoms with Crippen molar-refractivity contribution in [1.29, 1.82) is 0 Å². The van der Waals surface area contributed by atoms with Crippen molar-refractivity contribution in [3.05, 3.63) is 65.0 Å². The highest BCUT2D eigenvalue weighted by Gasteiger charge is 2.16.